The van der Waals surface area contributed by atoms with Crippen LogP contribution in [-0.4, -0.2) is 34.3 Å². The number of aryl methyl sites for hydroxylation is 1. The predicted octanol–water partition coefficient (Wildman–Crippen LogP) is 1.95. The van der Waals surface area contributed by atoms with Crippen molar-refractivity contribution in [2.75, 3.05) is 14.1 Å². The van der Waals surface area contributed by atoms with E-state index in [0.717, 1.165) is 14.8 Å². The first-order chi connectivity index (χ1) is 7.49. The average molecular weight is 329 g/mol. The lowest BCUT2D eigenvalue weighted by Gasteiger charge is -2.06. The van der Waals surface area contributed by atoms with Gasteiger partial charge in [0.05, 0.1) is 3.57 Å². The Bertz CT molecular complexity index is 560. The van der Waals surface area contributed by atoms with Crippen molar-refractivity contribution in [2.45, 2.75) is 6.92 Å². The van der Waals surface area contributed by atoms with Crippen molar-refractivity contribution in [3.8, 4) is 0 Å². The highest BCUT2D eigenvalue weighted by Gasteiger charge is 2.13. The Morgan fingerprint density at radius 3 is 2.75 bits per heavy atom. The van der Waals surface area contributed by atoms with Crippen molar-refractivity contribution >= 4 is 34.1 Å². The van der Waals surface area contributed by atoms with Gasteiger partial charge in [0, 0.05) is 26.5 Å². The van der Waals surface area contributed by atoms with E-state index in [-0.39, 0.29) is 5.91 Å². The van der Waals surface area contributed by atoms with Gasteiger partial charge in [-0.3, -0.25) is 4.79 Å². The van der Waals surface area contributed by atoms with Crippen molar-refractivity contribution in [1.29, 1.82) is 0 Å². The highest BCUT2D eigenvalue weighted by Crippen LogP contribution is 2.16. The van der Waals surface area contributed by atoms with Gasteiger partial charge in [-0.1, -0.05) is 0 Å². The molecule has 0 N–H and O–H groups in total. The van der Waals surface area contributed by atoms with Gasteiger partial charge in [0.15, 0.2) is 5.65 Å². The first-order valence-electron chi connectivity index (χ1n) is 4.85. The minimum absolute atomic E-state index is 0.0721. The molecule has 2 rings (SSSR count). The quantitative estimate of drug-likeness (QED) is 0.750. The zero-order chi connectivity index (χ0) is 11.9. The molecule has 0 bridgehead atoms. The standard InChI is InChI=1S/C11H12IN3O/c1-7-4-8(12)10-13-9(6-15(10)5-7)11(16)14(2)3/h4-6H,1-3H3. The maximum Gasteiger partial charge on any atom is 0.273 e. The molecule has 0 aromatic carbocycles. The molecule has 0 saturated heterocycles. The van der Waals surface area contributed by atoms with Gasteiger partial charge in [0.25, 0.3) is 5.91 Å². The SMILES string of the molecule is Cc1cc(I)c2nc(C(=O)N(C)C)cn2c1. The van der Waals surface area contributed by atoms with Crippen LogP contribution >= 0.6 is 22.6 Å². The molecule has 0 unspecified atom stereocenters. The van der Waals surface area contributed by atoms with Crippen LogP contribution < -0.4 is 0 Å². The molecule has 16 heavy (non-hydrogen) atoms. The number of hydrogen-bond donors (Lipinski definition) is 0. The molecular weight excluding hydrogens is 317 g/mol. The molecule has 0 aliphatic heterocycles. The Morgan fingerprint density at radius 2 is 2.12 bits per heavy atom. The summed E-state index contributed by atoms with van der Waals surface area (Å²) in [7, 11) is 3.45. The summed E-state index contributed by atoms with van der Waals surface area (Å²) in [5, 5.41) is 0. The molecule has 2 aromatic heterocycles. The number of imidazole rings is 1. The fourth-order valence-corrected chi connectivity index (χ4v) is 2.41. The summed E-state index contributed by atoms with van der Waals surface area (Å²) >= 11 is 2.23. The number of halogens is 1. The second kappa shape index (κ2) is 4.04. The third-order valence-corrected chi connectivity index (χ3v) is 3.06. The second-order valence-corrected chi connectivity index (χ2v) is 5.08. The molecule has 5 heteroatoms. The van der Waals surface area contributed by atoms with Gasteiger partial charge < -0.3 is 9.30 Å². The number of amides is 1. The molecule has 0 aliphatic rings. The van der Waals surface area contributed by atoms with Crippen LogP contribution in [0.2, 0.25) is 0 Å². The Balaban J connectivity index is 2.60. The van der Waals surface area contributed by atoms with E-state index in [1.54, 1.807) is 20.3 Å². The number of hydrogen-bond acceptors (Lipinski definition) is 2. The Morgan fingerprint density at radius 1 is 1.44 bits per heavy atom. The maximum atomic E-state index is 11.8. The largest absolute Gasteiger partial charge is 0.343 e. The molecule has 2 heterocycles. The number of nitrogens with zero attached hydrogens (tertiary/aromatic N) is 3. The van der Waals surface area contributed by atoms with Gasteiger partial charge in [0.2, 0.25) is 0 Å². The normalized spacial score (nSPS) is 10.8. The molecule has 4 nitrogen and oxygen atoms in total. The minimum Gasteiger partial charge on any atom is -0.343 e. The molecule has 1 amide bonds. The van der Waals surface area contributed by atoms with Gasteiger partial charge in [-0.25, -0.2) is 4.98 Å². The van der Waals surface area contributed by atoms with E-state index in [1.807, 2.05) is 23.6 Å². The topological polar surface area (TPSA) is 37.6 Å². The maximum absolute atomic E-state index is 11.8. The van der Waals surface area contributed by atoms with Gasteiger partial charge in [0.1, 0.15) is 5.69 Å². The van der Waals surface area contributed by atoms with Gasteiger partial charge in [-0.2, -0.15) is 0 Å². The zero-order valence-electron chi connectivity index (χ0n) is 9.36. The molecule has 2 aromatic rings. The van der Waals surface area contributed by atoms with E-state index in [9.17, 15) is 4.79 Å². The average Bonchev–Trinajstić information content (AvgIpc) is 2.60. The highest BCUT2D eigenvalue weighted by atomic mass is 127. The lowest BCUT2D eigenvalue weighted by Crippen LogP contribution is -2.21. The predicted molar refractivity (Wildman–Crippen MR) is 70.7 cm³/mol. The van der Waals surface area contributed by atoms with E-state index in [4.69, 9.17) is 0 Å². The number of fused-ring (bicyclic) bond motifs is 1. The summed E-state index contributed by atoms with van der Waals surface area (Å²) < 4.78 is 2.95. The lowest BCUT2D eigenvalue weighted by atomic mass is 10.3. The van der Waals surface area contributed by atoms with Gasteiger partial charge in [-0.15, -0.1) is 0 Å². The van der Waals surface area contributed by atoms with Crippen LogP contribution in [0.4, 0.5) is 0 Å². The van der Waals surface area contributed by atoms with Crippen LogP contribution in [-0.2, 0) is 0 Å². The third kappa shape index (κ3) is 1.91. The monoisotopic (exact) mass is 329 g/mol. The summed E-state index contributed by atoms with van der Waals surface area (Å²) in [5.41, 5.74) is 2.46. The number of rotatable bonds is 1. The Hall–Kier alpha value is -1.11. The smallest absolute Gasteiger partial charge is 0.273 e. The first kappa shape index (κ1) is 11.4. The summed E-state index contributed by atoms with van der Waals surface area (Å²) in [6, 6.07) is 2.05. The number of carbonyl (C=O) groups is 1. The molecule has 0 saturated carbocycles. The molecule has 0 atom stereocenters. The van der Waals surface area contributed by atoms with E-state index >= 15 is 0 Å². The van der Waals surface area contributed by atoms with Gasteiger partial charge >= 0.3 is 0 Å². The summed E-state index contributed by atoms with van der Waals surface area (Å²) in [6.45, 7) is 2.02. The second-order valence-electron chi connectivity index (χ2n) is 3.92. The molecule has 0 fully saturated rings. The van der Waals surface area contributed by atoms with Crippen molar-refractivity contribution in [3.63, 3.8) is 0 Å². The fraction of sp³-hybridized carbons (Fsp3) is 0.273. The van der Waals surface area contributed by atoms with Crippen molar-refractivity contribution in [2.24, 2.45) is 0 Å². The third-order valence-electron chi connectivity index (χ3n) is 2.27. The zero-order valence-corrected chi connectivity index (χ0v) is 11.5. The minimum atomic E-state index is -0.0721. The fourth-order valence-electron chi connectivity index (χ4n) is 1.52. The van der Waals surface area contributed by atoms with Gasteiger partial charge in [-0.05, 0) is 41.1 Å². The van der Waals surface area contributed by atoms with Crippen LogP contribution in [0.1, 0.15) is 16.1 Å². The molecule has 84 valence electrons. The van der Waals surface area contributed by atoms with Crippen LogP contribution in [0.15, 0.2) is 18.5 Å². The van der Waals surface area contributed by atoms with Crippen LogP contribution in [0.25, 0.3) is 5.65 Å². The van der Waals surface area contributed by atoms with Crippen LogP contribution in [0.3, 0.4) is 0 Å². The Labute approximate surface area is 107 Å². The van der Waals surface area contributed by atoms with E-state index in [2.05, 4.69) is 27.6 Å². The summed E-state index contributed by atoms with van der Waals surface area (Å²) in [6.07, 6.45) is 3.74. The number of carbonyl (C=O) groups excluding carboxylic acids is 1. The molecular formula is C11H12IN3O. The lowest BCUT2D eigenvalue weighted by molar-refractivity contribution is 0.0822. The number of aromatic nitrogens is 2. The van der Waals surface area contributed by atoms with E-state index in [1.165, 1.54) is 4.90 Å². The highest BCUT2D eigenvalue weighted by molar-refractivity contribution is 14.1. The van der Waals surface area contributed by atoms with Crippen molar-refractivity contribution in [1.82, 2.24) is 14.3 Å². The number of pyridine rings is 1. The summed E-state index contributed by atoms with van der Waals surface area (Å²) in [5.74, 6) is -0.0721. The molecule has 0 spiro atoms. The van der Waals surface area contributed by atoms with Crippen LogP contribution in [0.5, 0.6) is 0 Å². The van der Waals surface area contributed by atoms with Crippen molar-refractivity contribution < 1.29 is 4.79 Å². The molecule has 0 radical (unpaired) electrons. The Kier molecular flexibility index (Phi) is 2.88. The molecule has 0 aliphatic carbocycles. The van der Waals surface area contributed by atoms with E-state index < -0.39 is 0 Å². The summed E-state index contributed by atoms with van der Waals surface area (Å²) in [4.78, 5) is 17.6. The van der Waals surface area contributed by atoms with E-state index in [0.29, 0.717) is 5.69 Å². The van der Waals surface area contributed by atoms with Crippen LogP contribution in [0, 0.1) is 10.5 Å². The first-order valence-corrected chi connectivity index (χ1v) is 5.93. The van der Waals surface area contributed by atoms with Crippen molar-refractivity contribution in [3.05, 3.63) is 33.3 Å².